The summed E-state index contributed by atoms with van der Waals surface area (Å²) in [6.07, 6.45) is 1.61. The first-order chi connectivity index (χ1) is 9.63. The van der Waals surface area contributed by atoms with E-state index in [1.165, 1.54) is 0 Å². The summed E-state index contributed by atoms with van der Waals surface area (Å²) in [5.74, 6) is 0.668. The van der Waals surface area contributed by atoms with E-state index in [4.69, 9.17) is 4.52 Å². The predicted molar refractivity (Wildman–Crippen MR) is 73.1 cm³/mol. The molecule has 102 valence electrons. The molecule has 0 unspecified atom stereocenters. The second kappa shape index (κ2) is 4.80. The summed E-state index contributed by atoms with van der Waals surface area (Å²) >= 11 is 0. The van der Waals surface area contributed by atoms with Crippen molar-refractivity contribution < 1.29 is 9.32 Å². The van der Waals surface area contributed by atoms with Gasteiger partial charge in [0.25, 0.3) is 5.91 Å². The van der Waals surface area contributed by atoms with Crippen LogP contribution in [0.3, 0.4) is 0 Å². The molecule has 3 aromatic rings. The van der Waals surface area contributed by atoms with E-state index < -0.39 is 0 Å². The molecule has 0 spiro atoms. The molecule has 20 heavy (non-hydrogen) atoms. The Balaban J connectivity index is 1.80. The number of aromatic nitrogens is 3. The van der Waals surface area contributed by atoms with Gasteiger partial charge in [0, 0.05) is 18.7 Å². The lowest BCUT2D eigenvalue weighted by atomic mass is 10.1. The normalized spacial score (nSPS) is 10.9. The van der Waals surface area contributed by atoms with E-state index in [0.717, 1.165) is 22.5 Å². The Kier molecular flexibility index (Phi) is 2.98. The zero-order chi connectivity index (χ0) is 14.1. The molecule has 0 saturated heterocycles. The summed E-state index contributed by atoms with van der Waals surface area (Å²) in [6, 6.07) is 7.22. The standard InChI is InChI=1S/C14H14N4O2/c1-9-5-11(17-20-9)7-18(2)14(19)10-3-4-12-13(6-10)16-8-15-12/h3-6,8H,7H2,1-2H3,(H,15,16). The summed E-state index contributed by atoms with van der Waals surface area (Å²) in [4.78, 5) is 21.1. The number of carbonyl (C=O) groups excluding carboxylic acids is 1. The number of imidazole rings is 1. The second-order valence-corrected chi connectivity index (χ2v) is 4.72. The van der Waals surface area contributed by atoms with E-state index in [2.05, 4.69) is 15.1 Å². The molecule has 1 amide bonds. The Labute approximate surface area is 115 Å². The third-order valence-electron chi connectivity index (χ3n) is 3.09. The number of rotatable bonds is 3. The summed E-state index contributed by atoms with van der Waals surface area (Å²) in [7, 11) is 1.74. The number of nitrogens with one attached hydrogen (secondary N) is 1. The predicted octanol–water partition coefficient (Wildman–Crippen LogP) is 2.13. The number of hydrogen-bond acceptors (Lipinski definition) is 4. The average Bonchev–Trinajstić information content (AvgIpc) is 3.05. The smallest absolute Gasteiger partial charge is 0.254 e. The molecule has 0 aliphatic heterocycles. The number of fused-ring (bicyclic) bond motifs is 1. The van der Waals surface area contributed by atoms with Crippen molar-refractivity contribution in [2.45, 2.75) is 13.5 Å². The lowest BCUT2D eigenvalue weighted by molar-refractivity contribution is 0.0782. The van der Waals surface area contributed by atoms with Crippen LogP contribution >= 0.6 is 0 Å². The van der Waals surface area contributed by atoms with Gasteiger partial charge in [0.15, 0.2) is 0 Å². The number of amides is 1. The molecule has 6 nitrogen and oxygen atoms in total. The SMILES string of the molecule is Cc1cc(CN(C)C(=O)c2ccc3nc[nH]c3c2)no1. The number of hydrogen-bond donors (Lipinski definition) is 1. The molecule has 1 N–H and O–H groups in total. The maximum Gasteiger partial charge on any atom is 0.254 e. The lowest BCUT2D eigenvalue weighted by Gasteiger charge is -2.15. The topological polar surface area (TPSA) is 75.0 Å². The molecular weight excluding hydrogens is 256 g/mol. The lowest BCUT2D eigenvalue weighted by Crippen LogP contribution is -2.26. The molecule has 0 fully saturated rings. The van der Waals surface area contributed by atoms with Crippen LogP contribution in [-0.4, -0.2) is 33.0 Å². The van der Waals surface area contributed by atoms with Crippen molar-refractivity contribution in [1.29, 1.82) is 0 Å². The Morgan fingerprint density at radius 3 is 3.00 bits per heavy atom. The molecule has 0 radical (unpaired) electrons. The molecule has 6 heteroatoms. The first-order valence-electron chi connectivity index (χ1n) is 6.24. The van der Waals surface area contributed by atoms with E-state index >= 15 is 0 Å². The van der Waals surface area contributed by atoms with Gasteiger partial charge in [0.2, 0.25) is 0 Å². The van der Waals surface area contributed by atoms with Crippen LogP contribution in [0.15, 0.2) is 35.1 Å². The van der Waals surface area contributed by atoms with Crippen LogP contribution in [0.1, 0.15) is 21.8 Å². The summed E-state index contributed by atoms with van der Waals surface area (Å²) in [5, 5.41) is 3.89. The summed E-state index contributed by atoms with van der Waals surface area (Å²) in [6.45, 7) is 2.24. The van der Waals surface area contributed by atoms with Gasteiger partial charge in [-0.1, -0.05) is 5.16 Å². The molecule has 0 bridgehead atoms. The molecule has 0 atom stereocenters. The number of benzene rings is 1. The number of aromatic amines is 1. The number of carbonyl (C=O) groups is 1. The maximum absolute atomic E-state index is 12.4. The van der Waals surface area contributed by atoms with Crippen LogP contribution in [-0.2, 0) is 6.54 Å². The van der Waals surface area contributed by atoms with Crippen LogP contribution in [0.5, 0.6) is 0 Å². The Morgan fingerprint density at radius 1 is 1.40 bits per heavy atom. The van der Waals surface area contributed by atoms with Gasteiger partial charge in [0.05, 0.1) is 23.9 Å². The van der Waals surface area contributed by atoms with Gasteiger partial charge < -0.3 is 14.4 Å². The van der Waals surface area contributed by atoms with Gasteiger partial charge in [-0.2, -0.15) is 0 Å². The fraction of sp³-hybridized carbons (Fsp3) is 0.214. The molecule has 1 aromatic carbocycles. The van der Waals surface area contributed by atoms with Crippen molar-refractivity contribution in [2.75, 3.05) is 7.05 Å². The quantitative estimate of drug-likeness (QED) is 0.791. The van der Waals surface area contributed by atoms with Crippen LogP contribution in [0, 0.1) is 6.92 Å². The van der Waals surface area contributed by atoms with Crippen LogP contribution in [0.2, 0.25) is 0 Å². The average molecular weight is 270 g/mol. The van der Waals surface area contributed by atoms with E-state index in [1.807, 2.05) is 19.1 Å². The third kappa shape index (κ3) is 2.27. The van der Waals surface area contributed by atoms with Gasteiger partial charge >= 0.3 is 0 Å². The minimum absolute atomic E-state index is 0.0675. The minimum atomic E-state index is -0.0675. The van der Waals surface area contributed by atoms with Gasteiger partial charge in [-0.15, -0.1) is 0 Å². The van der Waals surface area contributed by atoms with Crippen molar-refractivity contribution in [3.8, 4) is 0 Å². The van der Waals surface area contributed by atoms with Crippen LogP contribution < -0.4 is 0 Å². The van der Waals surface area contributed by atoms with E-state index in [9.17, 15) is 4.79 Å². The van der Waals surface area contributed by atoms with Crippen molar-refractivity contribution in [3.05, 3.63) is 47.6 Å². The van der Waals surface area contributed by atoms with E-state index in [0.29, 0.717) is 12.1 Å². The fourth-order valence-corrected chi connectivity index (χ4v) is 2.10. The Morgan fingerprint density at radius 2 is 2.25 bits per heavy atom. The Hall–Kier alpha value is -2.63. The third-order valence-corrected chi connectivity index (χ3v) is 3.09. The molecule has 0 aliphatic carbocycles. The van der Waals surface area contributed by atoms with Crippen LogP contribution in [0.4, 0.5) is 0 Å². The first-order valence-corrected chi connectivity index (χ1v) is 6.24. The van der Waals surface area contributed by atoms with Gasteiger partial charge in [-0.05, 0) is 25.1 Å². The molecule has 0 aliphatic rings. The summed E-state index contributed by atoms with van der Waals surface area (Å²) < 4.78 is 5.00. The Bertz CT molecular complexity index is 759. The summed E-state index contributed by atoms with van der Waals surface area (Å²) in [5.41, 5.74) is 3.04. The highest BCUT2D eigenvalue weighted by atomic mass is 16.5. The second-order valence-electron chi connectivity index (χ2n) is 4.72. The molecule has 2 aromatic heterocycles. The van der Waals surface area contributed by atoms with Gasteiger partial charge in [-0.25, -0.2) is 4.98 Å². The monoisotopic (exact) mass is 270 g/mol. The molecule has 2 heterocycles. The highest BCUT2D eigenvalue weighted by Gasteiger charge is 2.14. The minimum Gasteiger partial charge on any atom is -0.361 e. The number of aryl methyl sites for hydroxylation is 1. The van der Waals surface area contributed by atoms with Crippen molar-refractivity contribution in [2.24, 2.45) is 0 Å². The molecular formula is C14H14N4O2. The van der Waals surface area contributed by atoms with E-state index in [-0.39, 0.29) is 5.91 Å². The zero-order valence-corrected chi connectivity index (χ0v) is 11.3. The zero-order valence-electron chi connectivity index (χ0n) is 11.3. The van der Waals surface area contributed by atoms with Crippen molar-refractivity contribution >= 4 is 16.9 Å². The van der Waals surface area contributed by atoms with Crippen LogP contribution in [0.25, 0.3) is 11.0 Å². The fourth-order valence-electron chi connectivity index (χ4n) is 2.10. The maximum atomic E-state index is 12.4. The van der Waals surface area contributed by atoms with Crippen molar-refractivity contribution in [1.82, 2.24) is 20.0 Å². The number of nitrogens with zero attached hydrogens (tertiary/aromatic N) is 3. The van der Waals surface area contributed by atoms with Crippen molar-refractivity contribution in [3.63, 3.8) is 0 Å². The molecule has 3 rings (SSSR count). The number of H-pyrrole nitrogens is 1. The first kappa shape index (κ1) is 12.4. The van der Waals surface area contributed by atoms with Gasteiger partial charge in [0.1, 0.15) is 11.5 Å². The highest BCUT2D eigenvalue weighted by Crippen LogP contribution is 2.14. The van der Waals surface area contributed by atoms with E-state index in [1.54, 1.807) is 30.4 Å². The van der Waals surface area contributed by atoms with Gasteiger partial charge in [-0.3, -0.25) is 4.79 Å². The largest absolute Gasteiger partial charge is 0.361 e. The molecule has 0 saturated carbocycles. The highest BCUT2D eigenvalue weighted by molar-refractivity contribution is 5.97.